The lowest BCUT2D eigenvalue weighted by atomic mass is 10.1. The van der Waals surface area contributed by atoms with Crippen molar-refractivity contribution in [2.24, 2.45) is 0 Å². The molecule has 0 fully saturated rings. The maximum absolute atomic E-state index is 13.0. The standard InChI is InChI=1S/C43H39NO12/c1-4-38(45)52-24-8-6-22-50-32-15-10-29(11-16-32)41(47)54-34-19-20-36-35(27-34)43(49)56-40(44-36)31-14-21-37(28(3)26-31)55-42(48)30-12-17-33(18-13-30)51-23-7-9-25-53-39(46)5-2/h4-5,10-21,26-27H,1-2,6-9,22-25H2,3H3. The molecule has 4 aromatic carbocycles. The van der Waals surface area contributed by atoms with Crippen molar-refractivity contribution in [3.8, 4) is 34.5 Å². The molecule has 1 aromatic heterocycles. The highest BCUT2D eigenvalue weighted by atomic mass is 16.5. The van der Waals surface area contributed by atoms with Gasteiger partial charge >= 0.3 is 29.5 Å². The Labute approximate surface area is 322 Å². The number of fused-ring (bicyclic) bond motifs is 1. The molecule has 288 valence electrons. The Morgan fingerprint density at radius 3 is 1.70 bits per heavy atom. The zero-order valence-corrected chi connectivity index (χ0v) is 30.7. The SMILES string of the molecule is C=CC(=O)OCCCCOc1ccc(C(=O)Oc2ccc3nc(-c4ccc(OC(=O)c5ccc(OCCCCOC(=O)C=C)cc5)c(C)c4)oc(=O)c3c2)cc1. The molecule has 5 aromatic rings. The van der Waals surface area contributed by atoms with Crippen molar-refractivity contribution in [3.05, 3.63) is 137 Å². The van der Waals surface area contributed by atoms with Gasteiger partial charge in [-0.2, -0.15) is 0 Å². The molecule has 56 heavy (non-hydrogen) atoms. The molecule has 13 heteroatoms. The molecule has 13 nitrogen and oxygen atoms in total. The third-order valence-electron chi connectivity index (χ3n) is 8.05. The van der Waals surface area contributed by atoms with Gasteiger partial charge in [0.1, 0.15) is 23.0 Å². The number of hydrogen-bond acceptors (Lipinski definition) is 13. The Balaban J connectivity index is 1.13. The van der Waals surface area contributed by atoms with Gasteiger partial charge in [-0.3, -0.25) is 0 Å². The average Bonchev–Trinajstić information content (AvgIpc) is 3.21. The van der Waals surface area contributed by atoms with Gasteiger partial charge in [-0.1, -0.05) is 13.2 Å². The van der Waals surface area contributed by atoms with Crippen LogP contribution in [0.25, 0.3) is 22.4 Å². The Bertz CT molecular complexity index is 2260. The van der Waals surface area contributed by atoms with E-state index in [4.69, 9.17) is 32.8 Å². The number of nitrogens with zero attached hydrogens (tertiary/aromatic N) is 1. The molecule has 0 aliphatic carbocycles. The topological polar surface area (TPSA) is 167 Å². The molecular weight excluding hydrogens is 722 g/mol. The molecule has 0 radical (unpaired) electrons. The van der Waals surface area contributed by atoms with E-state index in [0.29, 0.717) is 78.4 Å². The van der Waals surface area contributed by atoms with Crippen LogP contribution in [0.2, 0.25) is 0 Å². The highest BCUT2D eigenvalue weighted by Crippen LogP contribution is 2.28. The summed E-state index contributed by atoms with van der Waals surface area (Å²) in [7, 11) is 0. The first-order valence-corrected chi connectivity index (χ1v) is 17.7. The van der Waals surface area contributed by atoms with Gasteiger partial charge in [0.25, 0.3) is 0 Å². The normalized spacial score (nSPS) is 10.6. The van der Waals surface area contributed by atoms with Crippen LogP contribution >= 0.6 is 0 Å². The molecule has 0 aliphatic heterocycles. The summed E-state index contributed by atoms with van der Waals surface area (Å²) in [5.41, 5.74) is 1.33. The lowest BCUT2D eigenvalue weighted by Gasteiger charge is -2.10. The zero-order chi connectivity index (χ0) is 39.9. The van der Waals surface area contributed by atoms with Crippen LogP contribution in [-0.4, -0.2) is 55.3 Å². The summed E-state index contributed by atoms with van der Waals surface area (Å²) in [5.74, 6) is -0.485. The number of benzene rings is 4. The molecule has 0 unspecified atom stereocenters. The Hall–Kier alpha value is -7.02. The summed E-state index contributed by atoms with van der Waals surface area (Å²) in [6.45, 7) is 9.82. The van der Waals surface area contributed by atoms with E-state index in [1.165, 1.54) is 12.1 Å². The number of carbonyl (C=O) groups is 4. The van der Waals surface area contributed by atoms with E-state index in [9.17, 15) is 24.0 Å². The van der Waals surface area contributed by atoms with Crippen molar-refractivity contribution in [1.82, 2.24) is 4.98 Å². The van der Waals surface area contributed by atoms with Gasteiger partial charge in [0.05, 0.1) is 48.5 Å². The fourth-order valence-electron chi connectivity index (χ4n) is 5.09. The number of unbranched alkanes of at least 4 members (excludes halogenated alkanes) is 2. The summed E-state index contributed by atoms with van der Waals surface area (Å²) in [4.78, 5) is 65.4. The van der Waals surface area contributed by atoms with Crippen LogP contribution in [0.4, 0.5) is 0 Å². The van der Waals surface area contributed by atoms with Crippen molar-refractivity contribution in [3.63, 3.8) is 0 Å². The van der Waals surface area contributed by atoms with Crippen molar-refractivity contribution >= 4 is 34.8 Å². The second kappa shape index (κ2) is 19.9. The van der Waals surface area contributed by atoms with Gasteiger partial charge in [-0.25, -0.2) is 29.0 Å². The van der Waals surface area contributed by atoms with E-state index in [1.54, 1.807) is 79.7 Å². The quantitative estimate of drug-likeness (QED) is 0.0354. The van der Waals surface area contributed by atoms with E-state index in [0.717, 1.165) is 12.2 Å². The van der Waals surface area contributed by atoms with E-state index in [1.807, 2.05) is 0 Å². The maximum atomic E-state index is 13.0. The van der Waals surface area contributed by atoms with Crippen LogP contribution in [0.5, 0.6) is 23.0 Å². The van der Waals surface area contributed by atoms with E-state index >= 15 is 0 Å². The van der Waals surface area contributed by atoms with Crippen LogP contribution in [0, 0.1) is 6.92 Å². The van der Waals surface area contributed by atoms with Crippen LogP contribution in [0.15, 0.2) is 119 Å². The first-order chi connectivity index (χ1) is 27.1. The molecule has 0 amide bonds. The van der Waals surface area contributed by atoms with Crippen molar-refractivity contribution < 1.29 is 52.0 Å². The van der Waals surface area contributed by atoms with Crippen LogP contribution in [0.1, 0.15) is 52.0 Å². The Morgan fingerprint density at radius 1 is 0.643 bits per heavy atom. The van der Waals surface area contributed by atoms with Gasteiger partial charge in [-0.15, -0.1) is 0 Å². The molecule has 1 heterocycles. The van der Waals surface area contributed by atoms with E-state index in [2.05, 4.69) is 18.1 Å². The van der Waals surface area contributed by atoms with Gasteiger partial charge in [0.2, 0.25) is 5.89 Å². The number of ether oxygens (including phenoxy) is 6. The second-order valence-corrected chi connectivity index (χ2v) is 12.1. The van der Waals surface area contributed by atoms with Crippen molar-refractivity contribution in [2.45, 2.75) is 32.6 Å². The van der Waals surface area contributed by atoms with Crippen molar-refractivity contribution in [1.29, 1.82) is 0 Å². The number of rotatable bonds is 19. The predicted molar refractivity (Wildman–Crippen MR) is 205 cm³/mol. The summed E-state index contributed by atoms with van der Waals surface area (Å²) in [6, 6.07) is 22.3. The van der Waals surface area contributed by atoms with Crippen LogP contribution in [0.3, 0.4) is 0 Å². The minimum absolute atomic E-state index is 0.0556. The summed E-state index contributed by atoms with van der Waals surface area (Å²) < 4.78 is 37.9. The number of aryl methyl sites for hydroxylation is 1. The molecule has 0 N–H and O–H groups in total. The highest BCUT2D eigenvalue weighted by molar-refractivity contribution is 5.92. The summed E-state index contributed by atoms with van der Waals surface area (Å²) >= 11 is 0. The third kappa shape index (κ3) is 11.5. The Morgan fingerprint density at radius 2 is 1.16 bits per heavy atom. The lowest BCUT2D eigenvalue weighted by molar-refractivity contribution is -0.138. The number of hydrogen-bond donors (Lipinski definition) is 0. The molecule has 0 bridgehead atoms. The van der Waals surface area contributed by atoms with Crippen LogP contribution in [-0.2, 0) is 19.1 Å². The fraction of sp³-hybridized carbons (Fsp3) is 0.209. The molecule has 0 atom stereocenters. The monoisotopic (exact) mass is 761 g/mol. The number of carbonyl (C=O) groups excluding carboxylic acids is 4. The van der Waals surface area contributed by atoms with Gasteiger partial charge < -0.3 is 32.8 Å². The maximum Gasteiger partial charge on any atom is 0.347 e. The zero-order valence-electron chi connectivity index (χ0n) is 30.7. The minimum Gasteiger partial charge on any atom is -0.494 e. The second-order valence-electron chi connectivity index (χ2n) is 12.1. The molecule has 0 spiro atoms. The van der Waals surface area contributed by atoms with Gasteiger partial charge in [-0.05, 0) is 123 Å². The highest BCUT2D eigenvalue weighted by Gasteiger charge is 2.16. The smallest absolute Gasteiger partial charge is 0.347 e. The number of esters is 4. The molecular formula is C43H39NO12. The lowest BCUT2D eigenvalue weighted by Crippen LogP contribution is -2.10. The first kappa shape index (κ1) is 40.2. The molecule has 0 saturated carbocycles. The number of aromatic nitrogens is 1. The first-order valence-electron chi connectivity index (χ1n) is 17.7. The van der Waals surface area contributed by atoms with E-state index < -0.39 is 29.5 Å². The van der Waals surface area contributed by atoms with Crippen LogP contribution < -0.4 is 24.6 Å². The van der Waals surface area contributed by atoms with Gasteiger partial charge in [0.15, 0.2) is 0 Å². The van der Waals surface area contributed by atoms with Crippen molar-refractivity contribution in [2.75, 3.05) is 26.4 Å². The summed E-state index contributed by atoms with van der Waals surface area (Å²) in [6.07, 6.45) is 4.85. The van der Waals surface area contributed by atoms with E-state index in [-0.39, 0.29) is 35.8 Å². The molecule has 0 aliphatic rings. The summed E-state index contributed by atoms with van der Waals surface area (Å²) in [5, 5.41) is 0.118. The third-order valence-corrected chi connectivity index (χ3v) is 8.05. The van der Waals surface area contributed by atoms with Gasteiger partial charge in [0, 0.05) is 17.7 Å². The predicted octanol–water partition coefficient (Wildman–Crippen LogP) is 7.38. The molecule has 0 saturated heterocycles. The minimum atomic E-state index is -0.683. The largest absolute Gasteiger partial charge is 0.494 e. The Kier molecular flexibility index (Phi) is 14.3. The molecule has 5 rings (SSSR count). The average molecular weight is 762 g/mol. The fourth-order valence-corrected chi connectivity index (χ4v) is 5.09.